The Balaban J connectivity index is 1.50. The van der Waals surface area contributed by atoms with Crippen LogP contribution in [0.4, 0.5) is 4.39 Å². The van der Waals surface area contributed by atoms with Crippen LogP contribution in [0.3, 0.4) is 0 Å². The average Bonchev–Trinajstić information content (AvgIpc) is 3.32. The van der Waals surface area contributed by atoms with Crippen LogP contribution in [0, 0.1) is 5.82 Å². The van der Waals surface area contributed by atoms with Gasteiger partial charge in [-0.3, -0.25) is 4.79 Å². The van der Waals surface area contributed by atoms with Crippen molar-refractivity contribution in [3.8, 4) is 5.69 Å². The Bertz CT molecular complexity index is 1110. The smallest absolute Gasteiger partial charge is 0.253 e. The fraction of sp³-hybridized carbons (Fsp3) is 0.111. The normalized spacial score (nSPS) is 11.0. The Morgan fingerprint density at radius 3 is 2.89 bits per heavy atom. The number of fused-ring (bicyclic) bond motifs is 1. The van der Waals surface area contributed by atoms with Crippen molar-refractivity contribution in [3.63, 3.8) is 0 Å². The van der Waals surface area contributed by atoms with Gasteiger partial charge in [-0.15, -0.1) is 5.10 Å². The molecule has 2 aromatic carbocycles. The van der Waals surface area contributed by atoms with E-state index in [2.05, 4.69) is 36.8 Å². The average molecular weight is 429 g/mol. The standard InChI is InChI=1S/C18H14BrFN6O/c19-13-2-1-12-5-7-25(17(12)9-13)8-6-21-18(27)15-10-14(20)3-4-16(15)26-11-22-23-24-26/h1-5,7,9-11H,6,8H2,(H,21,27). The number of nitrogens with one attached hydrogen (secondary N) is 1. The fourth-order valence-electron chi connectivity index (χ4n) is 2.90. The highest BCUT2D eigenvalue weighted by atomic mass is 79.9. The molecule has 0 aliphatic rings. The first-order valence-corrected chi connectivity index (χ1v) is 8.96. The van der Waals surface area contributed by atoms with Gasteiger partial charge in [0.15, 0.2) is 0 Å². The molecule has 0 saturated carbocycles. The summed E-state index contributed by atoms with van der Waals surface area (Å²) in [7, 11) is 0. The molecule has 0 bridgehead atoms. The number of aromatic nitrogens is 5. The van der Waals surface area contributed by atoms with E-state index in [-0.39, 0.29) is 5.56 Å². The molecule has 2 heterocycles. The summed E-state index contributed by atoms with van der Waals surface area (Å²) in [5.74, 6) is -0.893. The molecule has 2 aromatic heterocycles. The Morgan fingerprint density at radius 1 is 1.19 bits per heavy atom. The summed E-state index contributed by atoms with van der Waals surface area (Å²) in [5.41, 5.74) is 1.65. The van der Waals surface area contributed by atoms with Gasteiger partial charge in [-0.25, -0.2) is 4.39 Å². The Morgan fingerprint density at radius 2 is 2.07 bits per heavy atom. The number of tetrazole rings is 1. The number of halogens is 2. The zero-order chi connectivity index (χ0) is 18.8. The molecular formula is C18H14BrFN6O. The van der Waals surface area contributed by atoms with Crippen molar-refractivity contribution in [2.45, 2.75) is 6.54 Å². The Labute approximate surface area is 161 Å². The number of hydrogen-bond donors (Lipinski definition) is 1. The van der Waals surface area contributed by atoms with Crippen LogP contribution in [-0.2, 0) is 6.54 Å². The van der Waals surface area contributed by atoms with Crippen LogP contribution in [0.25, 0.3) is 16.6 Å². The van der Waals surface area contributed by atoms with Crippen molar-refractivity contribution in [2.24, 2.45) is 0 Å². The highest BCUT2D eigenvalue weighted by Gasteiger charge is 2.15. The van der Waals surface area contributed by atoms with Gasteiger partial charge < -0.3 is 9.88 Å². The van der Waals surface area contributed by atoms with E-state index in [4.69, 9.17) is 0 Å². The second-order valence-corrected chi connectivity index (χ2v) is 6.80. The molecule has 4 rings (SSSR count). The van der Waals surface area contributed by atoms with Crippen molar-refractivity contribution in [2.75, 3.05) is 6.54 Å². The van der Waals surface area contributed by atoms with Crippen molar-refractivity contribution in [1.82, 2.24) is 30.1 Å². The summed E-state index contributed by atoms with van der Waals surface area (Å²) in [4.78, 5) is 12.6. The van der Waals surface area contributed by atoms with E-state index in [9.17, 15) is 9.18 Å². The van der Waals surface area contributed by atoms with Gasteiger partial charge in [0, 0.05) is 29.3 Å². The quantitative estimate of drug-likeness (QED) is 0.529. The molecule has 1 N–H and O–H groups in total. The molecule has 0 unspecified atom stereocenters. The lowest BCUT2D eigenvalue weighted by Gasteiger charge is -2.11. The van der Waals surface area contributed by atoms with E-state index in [0.717, 1.165) is 15.4 Å². The van der Waals surface area contributed by atoms with E-state index in [1.165, 1.54) is 29.2 Å². The number of nitrogens with zero attached hydrogens (tertiary/aromatic N) is 5. The van der Waals surface area contributed by atoms with Crippen molar-refractivity contribution >= 4 is 32.7 Å². The highest BCUT2D eigenvalue weighted by molar-refractivity contribution is 9.10. The summed E-state index contributed by atoms with van der Waals surface area (Å²) in [6.07, 6.45) is 3.33. The summed E-state index contributed by atoms with van der Waals surface area (Å²) in [5, 5.41) is 14.8. The fourth-order valence-corrected chi connectivity index (χ4v) is 3.25. The maximum absolute atomic E-state index is 13.7. The number of benzene rings is 2. The van der Waals surface area contributed by atoms with Crippen molar-refractivity contribution in [1.29, 1.82) is 0 Å². The third-order valence-electron chi connectivity index (χ3n) is 4.17. The van der Waals surface area contributed by atoms with Crippen LogP contribution in [0.2, 0.25) is 0 Å². The molecule has 0 fully saturated rings. The number of carbonyl (C=O) groups is 1. The molecule has 4 aromatic rings. The van der Waals surface area contributed by atoms with Gasteiger partial charge in [0.1, 0.15) is 12.1 Å². The van der Waals surface area contributed by atoms with Gasteiger partial charge in [-0.2, -0.15) is 4.68 Å². The van der Waals surface area contributed by atoms with Crippen LogP contribution in [0.5, 0.6) is 0 Å². The molecule has 27 heavy (non-hydrogen) atoms. The van der Waals surface area contributed by atoms with E-state index >= 15 is 0 Å². The predicted molar refractivity (Wildman–Crippen MR) is 101 cm³/mol. The first-order valence-electron chi connectivity index (χ1n) is 8.17. The first kappa shape index (κ1) is 17.3. The SMILES string of the molecule is O=C(NCCn1ccc2ccc(Br)cc21)c1cc(F)ccc1-n1cnnn1. The lowest BCUT2D eigenvalue weighted by Crippen LogP contribution is -2.28. The zero-order valence-electron chi connectivity index (χ0n) is 14.0. The number of amides is 1. The molecule has 7 nitrogen and oxygen atoms in total. The van der Waals surface area contributed by atoms with Crippen LogP contribution in [-0.4, -0.2) is 37.2 Å². The first-order chi connectivity index (χ1) is 13.1. The molecule has 0 aliphatic heterocycles. The third-order valence-corrected chi connectivity index (χ3v) is 4.67. The maximum atomic E-state index is 13.7. The second kappa shape index (κ2) is 7.28. The van der Waals surface area contributed by atoms with Crippen LogP contribution >= 0.6 is 15.9 Å². The molecule has 1 amide bonds. The van der Waals surface area contributed by atoms with E-state index < -0.39 is 11.7 Å². The number of rotatable bonds is 5. The van der Waals surface area contributed by atoms with Gasteiger partial charge in [-0.1, -0.05) is 22.0 Å². The topological polar surface area (TPSA) is 77.6 Å². The van der Waals surface area contributed by atoms with Crippen LogP contribution in [0.15, 0.2) is 59.5 Å². The molecular weight excluding hydrogens is 415 g/mol. The third kappa shape index (κ3) is 3.59. The summed E-state index contributed by atoms with van der Waals surface area (Å²) in [6.45, 7) is 0.974. The minimum Gasteiger partial charge on any atom is -0.350 e. The van der Waals surface area contributed by atoms with Crippen molar-refractivity contribution < 1.29 is 9.18 Å². The Hall–Kier alpha value is -3.07. The molecule has 0 spiro atoms. The molecule has 9 heteroatoms. The lowest BCUT2D eigenvalue weighted by molar-refractivity contribution is 0.0952. The van der Waals surface area contributed by atoms with Gasteiger partial charge in [0.2, 0.25) is 0 Å². The zero-order valence-corrected chi connectivity index (χ0v) is 15.6. The minimum absolute atomic E-state index is 0.169. The van der Waals surface area contributed by atoms with E-state index in [1.807, 2.05) is 35.0 Å². The predicted octanol–water partition coefficient (Wildman–Crippen LogP) is 2.95. The van der Waals surface area contributed by atoms with Gasteiger partial charge in [0.05, 0.1) is 11.3 Å². The largest absolute Gasteiger partial charge is 0.350 e. The molecule has 0 atom stereocenters. The summed E-state index contributed by atoms with van der Waals surface area (Å²) < 4.78 is 18.0. The second-order valence-electron chi connectivity index (χ2n) is 5.88. The molecule has 0 aliphatic carbocycles. The van der Waals surface area contributed by atoms with E-state index in [1.54, 1.807) is 0 Å². The number of hydrogen-bond acceptors (Lipinski definition) is 4. The van der Waals surface area contributed by atoms with Crippen LogP contribution < -0.4 is 5.32 Å². The maximum Gasteiger partial charge on any atom is 0.253 e. The van der Waals surface area contributed by atoms with Crippen molar-refractivity contribution in [3.05, 3.63) is 70.8 Å². The monoisotopic (exact) mass is 428 g/mol. The van der Waals surface area contributed by atoms with Gasteiger partial charge in [-0.05, 0) is 52.2 Å². The molecule has 0 saturated heterocycles. The van der Waals surface area contributed by atoms with E-state index in [0.29, 0.717) is 18.8 Å². The Kier molecular flexibility index (Phi) is 4.68. The highest BCUT2D eigenvalue weighted by Crippen LogP contribution is 2.21. The summed E-state index contributed by atoms with van der Waals surface area (Å²) >= 11 is 3.47. The number of carbonyl (C=O) groups excluding carboxylic acids is 1. The van der Waals surface area contributed by atoms with Gasteiger partial charge in [0.25, 0.3) is 5.91 Å². The van der Waals surface area contributed by atoms with Gasteiger partial charge >= 0.3 is 0 Å². The lowest BCUT2D eigenvalue weighted by atomic mass is 10.1. The molecule has 136 valence electrons. The summed E-state index contributed by atoms with van der Waals surface area (Å²) in [6, 6.07) is 12.0. The molecule has 0 radical (unpaired) electrons. The van der Waals surface area contributed by atoms with Crippen LogP contribution in [0.1, 0.15) is 10.4 Å². The minimum atomic E-state index is -0.502.